The molecule has 0 saturated carbocycles. The highest BCUT2D eigenvalue weighted by atomic mass is 35.5. The van der Waals surface area contributed by atoms with Crippen LogP contribution in [-0.2, 0) is 0 Å². The summed E-state index contributed by atoms with van der Waals surface area (Å²) in [7, 11) is 0. The lowest BCUT2D eigenvalue weighted by Gasteiger charge is -2.36. The lowest BCUT2D eigenvalue weighted by molar-refractivity contribution is 0.356. The lowest BCUT2D eigenvalue weighted by Crippen LogP contribution is -2.39. The Balaban J connectivity index is 1.76. The highest BCUT2D eigenvalue weighted by molar-refractivity contribution is 6.31. The summed E-state index contributed by atoms with van der Waals surface area (Å²) in [6, 6.07) is 16.7. The van der Waals surface area contributed by atoms with Crippen LogP contribution < -0.4 is 4.90 Å². The van der Waals surface area contributed by atoms with Crippen LogP contribution in [-0.4, -0.2) is 27.6 Å². The molecule has 1 saturated heterocycles. The van der Waals surface area contributed by atoms with Crippen LogP contribution in [0.25, 0.3) is 27.8 Å². The van der Waals surface area contributed by atoms with E-state index < -0.39 is 0 Å². The highest BCUT2D eigenvalue weighted by Crippen LogP contribution is 2.38. The largest absolute Gasteiger partial charge is 0.355 e. The van der Waals surface area contributed by atoms with Crippen LogP contribution in [0, 0.1) is 18.8 Å². The fourth-order valence-corrected chi connectivity index (χ4v) is 5.06. The molecule has 2 atom stereocenters. The number of benzene rings is 2. The van der Waals surface area contributed by atoms with Gasteiger partial charge < -0.3 is 9.47 Å². The second kappa shape index (κ2) is 8.01. The molecule has 5 rings (SSSR count). The first-order valence-corrected chi connectivity index (χ1v) is 11.3. The number of fused-ring (bicyclic) bond motifs is 1. The van der Waals surface area contributed by atoms with Crippen LogP contribution in [0.1, 0.15) is 25.8 Å². The molecule has 0 radical (unpaired) electrons. The van der Waals surface area contributed by atoms with E-state index in [0.717, 1.165) is 51.8 Å². The molecule has 0 N–H and O–H groups in total. The quantitative estimate of drug-likeness (QED) is 0.370. The maximum atomic E-state index is 6.47. The molecule has 2 aromatic heterocycles. The second-order valence-corrected chi connectivity index (χ2v) is 9.37. The van der Waals surface area contributed by atoms with Crippen molar-refractivity contribution in [3.8, 4) is 16.8 Å². The first-order valence-electron chi connectivity index (χ1n) is 10.9. The first-order chi connectivity index (χ1) is 15.0. The number of rotatable bonds is 3. The minimum atomic E-state index is 0.645. The third-order valence-corrected chi connectivity index (χ3v) is 6.66. The van der Waals surface area contributed by atoms with E-state index in [1.807, 2.05) is 19.1 Å². The van der Waals surface area contributed by atoms with E-state index in [-0.39, 0.29) is 0 Å². The summed E-state index contributed by atoms with van der Waals surface area (Å²) in [4.78, 5) is 12.0. The molecule has 1 aliphatic heterocycles. The molecule has 31 heavy (non-hydrogen) atoms. The summed E-state index contributed by atoms with van der Waals surface area (Å²) in [5, 5.41) is 1.86. The van der Waals surface area contributed by atoms with Crippen molar-refractivity contribution >= 4 is 28.5 Å². The third-order valence-electron chi connectivity index (χ3n) is 6.25. The molecule has 2 aromatic carbocycles. The minimum Gasteiger partial charge on any atom is -0.355 e. The monoisotopic (exact) mass is 430 g/mol. The topological polar surface area (TPSA) is 34.0 Å². The van der Waals surface area contributed by atoms with E-state index in [4.69, 9.17) is 21.6 Å². The molecule has 0 spiro atoms. The SMILES string of the molecule is Cc1ccc(-n2cc(-c3ccccc3)c3c(N4C[C@H](C)C[C@@H](C)C4)ncnc32)cc1Cl. The number of piperidine rings is 1. The van der Waals surface area contributed by atoms with Gasteiger partial charge in [-0.3, -0.25) is 0 Å². The van der Waals surface area contributed by atoms with Crippen LogP contribution in [0.5, 0.6) is 0 Å². The van der Waals surface area contributed by atoms with E-state index >= 15 is 0 Å². The molecule has 0 aliphatic carbocycles. The van der Waals surface area contributed by atoms with Crippen molar-refractivity contribution in [1.29, 1.82) is 0 Å². The molecular formula is C26H27ClN4. The number of anilines is 1. The van der Waals surface area contributed by atoms with E-state index in [1.165, 1.54) is 12.0 Å². The molecule has 5 heteroatoms. The molecule has 1 aliphatic rings. The zero-order valence-corrected chi connectivity index (χ0v) is 19.0. The van der Waals surface area contributed by atoms with E-state index in [1.54, 1.807) is 6.33 Å². The normalized spacial score (nSPS) is 19.2. The number of hydrogen-bond acceptors (Lipinski definition) is 3. The average Bonchev–Trinajstić information content (AvgIpc) is 3.15. The number of aromatic nitrogens is 3. The Kier molecular flexibility index (Phi) is 5.19. The smallest absolute Gasteiger partial charge is 0.150 e. The maximum absolute atomic E-state index is 6.47. The van der Waals surface area contributed by atoms with Crippen LogP contribution in [0.4, 0.5) is 5.82 Å². The van der Waals surface area contributed by atoms with Gasteiger partial charge in [-0.1, -0.05) is 61.8 Å². The third kappa shape index (κ3) is 3.70. The predicted molar refractivity (Wildman–Crippen MR) is 129 cm³/mol. The molecule has 0 amide bonds. The van der Waals surface area contributed by atoms with Crippen LogP contribution in [0.3, 0.4) is 0 Å². The minimum absolute atomic E-state index is 0.645. The highest BCUT2D eigenvalue weighted by Gasteiger charge is 2.26. The Morgan fingerprint density at radius 3 is 2.42 bits per heavy atom. The molecular weight excluding hydrogens is 404 g/mol. The van der Waals surface area contributed by atoms with Crippen LogP contribution >= 0.6 is 11.6 Å². The van der Waals surface area contributed by atoms with Gasteiger partial charge in [0, 0.05) is 35.6 Å². The van der Waals surface area contributed by atoms with E-state index in [2.05, 4.69) is 65.9 Å². The van der Waals surface area contributed by atoms with Crippen molar-refractivity contribution in [1.82, 2.24) is 14.5 Å². The summed E-state index contributed by atoms with van der Waals surface area (Å²) in [6.45, 7) is 8.73. The summed E-state index contributed by atoms with van der Waals surface area (Å²) in [6.07, 6.45) is 5.14. The molecule has 0 bridgehead atoms. The van der Waals surface area contributed by atoms with Crippen LogP contribution in [0.2, 0.25) is 5.02 Å². The van der Waals surface area contributed by atoms with Crippen LogP contribution in [0.15, 0.2) is 61.1 Å². The molecule has 3 heterocycles. The summed E-state index contributed by atoms with van der Waals surface area (Å²) >= 11 is 6.47. The Morgan fingerprint density at radius 1 is 0.968 bits per heavy atom. The molecule has 158 valence electrons. The molecule has 4 nitrogen and oxygen atoms in total. The van der Waals surface area contributed by atoms with Crippen molar-refractivity contribution in [2.45, 2.75) is 27.2 Å². The number of aryl methyl sites for hydroxylation is 1. The van der Waals surface area contributed by atoms with Gasteiger partial charge in [0.1, 0.15) is 12.1 Å². The van der Waals surface area contributed by atoms with Gasteiger partial charge in [0.2, 0.25) is 0 Å². The Hall–Kier alpha value is -2.85. The fourth-order valence-electron chi connectivity index (χ4n) is 4.89. The van der Waals surface area contributed by atoms with Crippen molar-refractivity contribution in [2.24, 2.45) is 11.8 Å². The van der Waals surface area contributed by atoms with Gasteiger partial charge in [-0.05, 0) is 48.4 Å². The van der Waals surface area contributed by atoms with E-state index in [0.29, 0.717) is 11.8 Å². The van der Waals surface area contributed by atoms with E-state index in [9.17, 15) is 0 Å². The van der Waals surface area contributed by atoms with Gasteiger partial charge >= 0.3 is 0 Å². The zero-order valence-electron chi connectivity index (χ0n) is 18.2. The van der Waals surface area contributed by atoms with Gasteiger partial charge in [-0.15, -0.1) is 0 Å². The van der Waals surface area contributed by atoms with Crippen molar-refractivity contribution in [3.63, 3.8) is 0 Å². The summed E-state index contributed by atoms with van der Waals surface area (Å²) in [5.41, 5.74) is 5.30. The van der Waals surface area contributed by atoms with Gasteiger partial charge in [0.25, 0.3) is 0 Å². The van der Waals surface area contributed by atoms with Crippen molar-refractivity contribution in [2.75, 3.05) is 18.0 Å². The van der Waals surface area contributed by atoms with Gasteiger partial charge in [-0.2, -0.15) is 0 Å². The zero-order chi connectivity index (χ0) is 21.5. The van der Waals surface area contributed by atoms with Gasteiger partial charge in [0.15, 0.2) is 5.65 Å². The number of hydrogen-bond donors (Lipinski definition) is 0. The average molecular weight is 431 g/mol. The predicted octanol–water partition coefficient (Wildman–Crippen LogP) is 6.53. The van der Waals surface area contributed by atoms with Gasteiger partial charge in [0.05, 0.1) is 5.39 Å². The van der Waals surface area contributed by atoms with Gasteiger partial charge in [-0.25, -0.2) is 9.97 Å². The number of halogens is 1. The van der Waals surface area contributed by atoms with Crippen molar-refractivity contribution < 1.29 is 0 Å². The molecule has 1 fully saturated rings. The number of nitrogens with zero attached hydrogens (tertiary/aromatic N) is 4. The molecule has 0 unspecified atom stereocenters. The van der Waals surface area contributed by atoms with Crippen molar-refractivity contribution in [3.05, 3.63) is 71.6 Å². The Bertz CT molecular complexity index is 1220. The Morgan fingerprint density at radius 2 is 1.71 bits per heavy atom. The summed E-state index contributed by atoms with van der Waals surface area (Å²) < 4.78 is 2.14. The maximum Gasteiger partial charge on any atom is 0.150 e. The first kappa shape index (κ1) is 20.1. The standard InChI is InChI=1S/C26H27ClN4/c1-17-11-18(2)14-30(13-17)25-24-22(20-7-5-4-6-8-20)15-31(26(24)29-16-28-25)21-10-9-19(3)23(27)12-21/h4-10,12,15-18H,11,13-14H2,1-3H3/t17-,18-/m1/s1. The fraction of sp³-hybridized carbons (Fsp3) is 0.308. The second-order valence-electron chi connectivity index (χ2n) is 8.96. The Labute approximate surface area is 188 Å². The summed E-state index contributed by atoms with van der Waals surface area (Å²) in [5.74, 6) is 2.32. The lowest BCUT2D eigenvalue weighted by atomic mass is 9.91. The molecule has 4 aromatic rings.